The molecule has 2 atom stereocenters. The molecule has 0 bridgehead atoms. The van der Waals surface area contributed by atoms with Crippen LogP contribution in [-0.4, -0.2) is 24.3 Å². The Labute approximate surface area is 80.8 Å². The topological polar surface area (TPSA) is 56.0 Å². The molecule has 0 aliphatic rings. The van der Waals surface area contributed by atoms with E-state index in [0.29, 0.717) is 5.92 Å². The fourth-order valence-electron chi connectivity index (χ4n) is 1.22. The highest BCUT2D eigenvalue weighted by Gasteiger charge is 2.08. The van der Waals surface area contributed by atoms with Crippen LogP contribution in [0, 0.1) is 17.2 Å². The average Bonchev–Trinajstić information content (AvgIpc) is 2.17. The van der Waals surface area contributed by atoms with Crippen LogP contribution in [0.1, 0.15) is 33.1 Å². The van der Waals surface area contributed by atoms with Crippen molar-refractivity contribution < 1.29 is 5.11 Å². The largest absolute Gasteiger partial charge is 0.396 e. The molecule has 0 heterocycles. The van der Waals surface area contributed by atoms with Crippen LogP contribution in [0.4, 0.5) is 0 Å². The fourth-order valence-corrected chi connectivity index (χ4v) is 1.22. The molecule has 2 N–H and O–H groups in total. The van der Waals surface area contributed by atoms with Crippen LogP contribution < -0.4 is 5.32 Å². The lowest BCUT2D eigenvalue weighted by atomic mass is 10.0. The summed E-state index contributed by atoms with van der Waals surface area (Å²) < 4.78 is 0. The molecule has 0 aromatic heterocycles. The zero-order chi connectivity index (χ0) is 10.1. The highest BCUT2D eigenvalue weighted by molar-refractivity contribution is 4.88. The van der Waals surface area contributed by atoms with Gasteiger partial charge in [-0.15, -0.1) is 0 Å². The molecular formula is C10H20N2O. The normalized spacial score (nSPS) is 14.9. The third-order valence-electron chi connectivity index (χ3n) is 2.33. The van der Waals surface area contributed by atoms with Gasteiger partial charge in [-0.1, -0.05) is 20.3 Å². The first kappa shape index (κ1) is 12.4. The minimum absolute atomic E-state index is 0.0345. The maximum atomic E-state index is 8.75. The summed E-state index contributed by atoms with van der Waals surface area (Å²) in [6.45, 7) is 5.18. The molecule has 0 saturated heterocycles. The molecule has 0 spiro atoms. The minimum Gasteiger partial charge on any atom is -0.396 e. The Morgan fingerprint density at radius 2 is 2.08 bits per heavy atom. The van der Waals surface area contributed by atoms with Gasteiger partial charge in [0.15, 0.2) is 0 Å². The Kier molecular flexibility index (Phi) is 7.66. The highest BCUT2D eigenvalue weighted by atomic mass is 16.3. The summed E-state index contributed by atoms with van der Waals surface area (Å²) >= 11 is 0. The standard InChI is InChI=1S/C10H20N2O/c1-3-9(5-6-13)8-12-10(4-2)7-11/h9-10,12-13H,3-6,8H2,1-2H3. The lowest BCUT2D eigenvalue weighted by Crippen LogP contribution is -2.32. The van der Waals surface area contributed by atoms with Crippen LogP contribution in [0.3, 0.4) is 0 Å². The van der Waals surface area contributed by atoms with Gasteiger partial charge in [0.1, 0.15) is 0 Å². The lowest BCUT2D eigenvalue weighted by molar-refractivity contribution is 0.250. The van der Waals surface area contributed by atoms with Crippen molar-refractivity contribution in [1.82, 2.24) is 5.32 Å². The number of nitrogens with one attached hydrogen (secondary N) is 1. The summed E-state index contributed by atoms with van der Waals surface area (Å²) in [5, 5.41) is 20.6. The van der Waals surface area contributed by atoms with E-state index in [2.05, 4.69) is 18.3 Å². The van der Waals surface area contributed by atoms with Crippen LogP contribution in [0.15, 0.2) is 0 Å². The molecule has 0 aliphatic heterocycles. The highest BCUT2D eigenvalue weighted by Crippen LogP contribution is 2.06. The Balaban J connectivity index is 3.64. The number of hydrogen-bond donors (Lipinski definition) is 2. The summed E-state index contributed by atoms with van der Waals surface area (Å²) in [5.74, 6) is 0.493. The maximum absolute atomic E-state index is 8.75. The van der Waals surface area contributed by atoms with Crippen molar-refractivity contribution in [2.45, 2.75) is 39.2 Å². The summed E-state index contributed by atoms with van der Waals surface area (Å²) in [6, 6.07) is 2.17. The van der Waals surface area contributed by atoms with E-state index in [1.54, 1.807) is 0 Å². The second kappa shape index (κ2) is 8.03. The van der Waals surface area contributed by atoms with E-state index >= 15 is 0 Å². The molecule has 0 radical (unpaired) electrons. The maximum Gasteiger partial charge on any atom is 0.0950 e. The van der Waals surface area contributed by atoms with Crippen LogP contribution >= 0.6 is 0 Å². The summed E-state index contributed by atoms with van der Waals surface area (Å²) in [6.07, 6.45) is 2.72. The van der Waals surface area contributed by atoms with E-state index in [-0.39, 0.29) is 12.6 Å². The second-order valence-corrected chi connectivity index (χ2v) is 3.28. The Morgan fingerprint density at radius 3 is 2.46 bits per heavy atom. The first-order valence-electron chi connectivity index (χ1n) is 5.02. The van der Waals surface area contributed by atoms with E-state index in [1.165, 1.54) is 0 Å². The van der Waals surface area contributed by atoms with E-state index in [1.807, 2.05) is 6.92 Å². The van der Waals surface area contributed by atoms with Crippen LogP contribution in [0.2, 0.25) is 0 Å². The number of nitrogens with zero attached hydrogens (tertiary/aromatic N) is 1. The van der Waals surface area contributed by atoms with Crippen molar-refractivity contribution in [3.05, 3.63) is 0 Å². The first-order chi connectivity index (χ1) is 6.28. The molecule has 0 saturated carbocycles. The average molecular weight is 184 g/mol. The zero-order valence-electron chi connectivity index (χ0n) is 8.58. The Morgan fingerprint density at radius 1 is 1.38 bits per heavy atom. The number of nitriles is 1. The van der Waals surface area contributed by atoms with Gasteiger partial charge in [0, 0.05) is 6.61 Å². The number of rotatable bonds is 7. The molecule has 76 valence electrons. The van der Waals surface area contributed by atoms with Gasteiger partial charge in [0.05, 0.1) is 12.1 Å². The van der Waals surface area contributed by atoms with Crippen LogP contribution in [0.5, 0.6) is 0 Å². The van der Waals surface area contributed by atoms with Gasteiger partial charge in [-0.05, 0) is 25.3 Å². The van der Waals surface area contributed by atoms with Gasteiger partial charge in [0.2, 0.25) is 0 Å². The third-order valence-corrected chi connectivity index (χ3v) is 2.33. The zero-order valence-corrected chi connectivity index (χ0v) is 8.58. The molecule has 0 amide bonds. The fraction of sp³-hybridized carbons (Fsp3) is 0.900. The van der Waals surface area contributed by atoms with Gasteiger partial charge in [-0.25, -0.2) is 0 Å². The first-order valence-corrected chi connectivity index (χ1v) is 5.02. The molecule has 3 heteroatoms. The van der Waals surface area contributed by atoms with Crippen LogP contribution in [-0.2, 0) is 0 Å². The van der Waals surface area contributed by atoms with Gasteiger partial charge in [-0.3, -0.25) is 0 Å². The minimum atomic E-state index is -0.0345. The molecule has 0 aliphatic carbocycles. The molecule has 13 heavy (non-hydrogen) atoms. The summed E-state index contributed by atoms with van der Waals surface area (Å²) in [7, 11) is 0. The van der Waals surface area contributed by atoms with Crippen LogP contribution in [0.25, 0.3) is 0 Å². The summed E-state index contributed by atoms with van der Waals surface area (Å²) in [5.41, 5.74) is 0. The van der Waals surface area contributed by atoms with Crippen molar-refractivity contribution in [3.8, 4) is 6.07 Å². The number of aliphatic hydroxyl groups excluding tert-OH is 1. The van der Waals surface area contributed by atoms with Gasteiger partial charge >= 0.3 is 0 Å². The Hall–Kier alpha value is -0.590. The smallest absolute Gasteiger partial charge is 0.0950 e. The number of aliphatic hydroxyl groups is 1. The Bertz CT molecular complexity index is 153. The van der Waals surface area contributed by atoms with E-state index in [4.69, 9.17) is 10.4 Å². The molecule has 0 aromatic carbocycles. The van der Waals surface area contributed by atoms with Gasteiger partial charge in [-0.2, -0.15) is 5.26 Å². The number of hydrogen-bond acceptors (Lipinski definition) is 3. The van der Waals surface area contributed by atoms with Crippen molar-refractivity contribution in [3.63, 3.8) is 0 Å². The molecule has 0 rings (SSSR count). The lowest BCUT2D eigenvalue weighted by Gasteiger charge is -2.16. The molecule has 0 aromatic rings. The third kappa shape index (κ3) is 5.62. The molecule has 0 fully saturated rings. The van der Waals surface area contributed by atoms with Crippen molar-refractivity contribution in [1.29, 1.82) is 5.26 Å². The van der Waals surface area contributed by atoms with E-state index < -0.39 is 0 Å². The van der Waals surface area contributed by atoms with Crippen molar-refractivity contribution in [2.24, 2.45) is 5.92 Å². The predicted octanol–water partition coefficient (Wildman–Crippen LogP) is 1.29. The predicted molar refractivity (Wildman–Crippen MR) is 53.2 cm³/mol. The van der Waals surface area contributed by atoms with Gasteiger partial charge in [0.25, 0.3) is 0 Å². The molecule has 3 nitrogen and oxygen atoms in total. The second-order valence-electron chi connectivity index (χ2n) is 3.28. The molecular weight excluding hydrogens is 164 g/mol. The van der Waals surface area contributed by atoms with Crippen molar-refractivity contribution >= 4 is 0 Å². The SMILES string of the molecule is CCC(CCO)CNC(C#N)CC. The summed E-state index contributed by atoms with van der Waals surface area (Å²) in [4.78, 5) is 0. The van der Waals surface area contributed by atoms with Crippen molar-refractivity contribution in [2.75, 3.05) is 13.2 Å². The quantitative estimate of drug-likeness (QED) is 0.627. The van der Waals surface area contributed by atoms with E-state index in [9.17, 15) is 0 Å². The van der Waals surface area contributed by atoms with E-state index in [0.717, 1.165) is 25.8 Å². The monoisotopic (exact) mass is 184 g/mol. The van der Waals surface area contributed by atoms with Gasteiger partial charge < -0.3 is 10.4 Å². The molecule has 2 unspecified atom stereocenters.